The van der Waals surface area contributed by atoms with Gasteiger partial charge in [-0.05, 0) is 49.1 Å². The van der Waals surface area contributed by atoms with Crippen molar-refractivity contribution in [3.05, 3.63) is 36.0 Å². The molecular weight excluding hydrogens is 518 g/mol. The number of fused-ring (bicyclic) bond motifs is 1. The lowest BCUT2D eigenvalue weighted by Gasteiger charge is -2.26. The zero-order chi connectivity index (χ0) is 30.0. The van der Waals surface area contributed by atoms with Gasteiger partial charge < -0.3 is 36.9 Å². The second-order valence-electron chi connectivity index (χ2n) is 10.9. The van der Waals surface area contributed by atoms with Crippen LogP contribution in [0.1, 0.15) is 58.9 Å². The zero-order valence-electron chi connectivity index (χ0n) is 23.4. The maximum absolute atomic E-state index is 13.2. The summed E-state index contributed by atoms with van der Waals surface area (Å²) >= 11 is 0. The van der Waals surface area contributed by atoms with Gasteiger partial charge in [-0.15, -0.1) is 0 Å². The van der Waals surface area contributed by atoms with E-state index in [0.29, 0.717) is 0 Å². The van der Waals surface area contributed by atoms with E-state index in [-0.39, 0.29) is 37.5 Å². The van der Waals surface area contributed by atoms with Crippen LogP contribution < -0.4 is 21.7 Å². The fourth-order valence-corrected chi connectivity index (χ4v) is 4.39. The third-order valence-corrected chi connectivity index (χ3v) is 6.39. The summed E-state index contributed by atoms with van der Waals surface area (Å²) in [5, 5.41) is 27.2. The Morgan fingerprint density at radius 1 is 0.825 bits per heavy atom. The molecule has 0 spiro atoms. The predicted molar refractivity (Wildman–Crippen MR) is 149 cm³/mol. The molecule has 0 aliphatic carbocycles. The van der Waals surface area contributed by atoms with Gasteiger partial charge >= 0.3 is 11.9 Å². The monoisotopic (exact) mass is 559 g/mol. The van der Waals surface area contributed by atoms with Crippen molar-refractivity contribution in [1.29, 1.82) is 0 Å². The summed E-state index contributed by atoms with van der Waals surface area (Å²) < 4.78 is 0. The predicted octanol–water partition coefficient (Wildman–Crippen LogP) is 1.53. The van der Waals surface area contributed by atoms with Crippen molar-refractivity contribution in [1.82, 2.24) is 20.9 Å². The number of carbonyl (C=O) groups excluding carboxylic acids is 3. The van der Waals surface area contributed by atoms with Crippen LogP contribution in [0.15, 0.2) is 30.5 Å². The molecule has 12 nitrogen and oxygen atoms in total. The number of nitrogens with one attached hydrogen (secondary N) is 4. The fraction of sp³-hybridized carbons (Fsp3) is 0.536. The van der Waals surface area contributed by atoms with E-state index in [1.807, 2.05) is 52.0 Å². The maximum Gasteiger partial charge on any atom is 0.326 e. The van der Waals surface area contributed by atoms with Gasteiger partial charge in [-0.1, -0.05) is 45.9 Å². The van der Waals surface area contributed by atoms with Gasteiger partial charge in [-0.3, -0.25) is 19.2 Å². The molecule has 1 aromatic heterocycles. The summed E-state index contributed by atoms with van der Waals surface area (Å²) in [7, 11) is 0. The molecule has 8 N–H and O–H groups in total. The Balaban J connectivity index is 2.15. The first kappa shape index (κ1) is 32.3. The van der Waals surface area contributed by atoms with Crippen LogP contribution in [-0.2, 0) is 30.4 Å². The quantitative estimate of drug-likeness (QED) is 0.160. The molecule has 0 saturated heterocycles. The Bertz CT molecular complexity index is 1190. The van der Waals surface area contributed by atoms with E-state index in [1.54, 1.807) is 6.20 Å². The van der Waals surface area contributed by atoms with Gasteiger partial charge in [0.05, 0.1) is 6.04 Å². The van der Waals surface area contributed by atoms with Crippen LogP contribution in [0.4, 0.5) is 0 Å². The molecule has 0 aliphatic heterocycles. The number of carboxylic acids is 2. The van der Waals surface area contributed by atoms with Crippen LogP contribution in [0, 0.1) is 11.8 Å². The molecule has 0 fully saturated rings. The number of carbonyl (C=O) groups is 5. The smallest absolute Gasteiger partial charge is 0.326 e. The van der Waals surface area contributed by atoms with Crippen molar-refractivity contribution >= 4 is 40.6 Å². The number of benzene rings is 1. The van der Waals surface area contributed by atoms with E-state index in [1.165, 1.54) is 0 Å². The van der Waals surface area contributed by atoms with Crippen LogP contribution in [0.2, 0.25) is 0 Å². The Morgan fingerprint density at radius 3 is 1.98 bits per heavy atom. The topological polar surface area (TPSA) is 204 Å². The van der Waals surface area contributed by atoms with Crippen LogP contribution in [-0.4, -0.2) is 69.0 Å². The number of amides is 3. The van der Waals surface area contributed by atoms with Gasteiger partial charge in [0.2, 0.25) is 17.7 Å². The molecule has 4 unspecified atom stereocenters. The second-order valence-corrected chi connectivity index (χ2v) is 10.9. The molecule has 3 amide bonds. The normalized spacial score (nSPS) is 14.4. The van der Waals surface area contributed by atoms with Gasteiger partial charge in [0.15, 0.2) is 0 Å². The molecule has 0 bridgehead atoms. The summed E-state index contributed by atoms with van der Waals surface area (Å²) in [5.74, 6) is -4.47. The minimum atomic E-state index is -1.27. The number of hydrogen-bond acceptors (Lipinski definition) is 6. The molecule has 4 atom stereocenters. The lowest BCUT2D eigenvalue weighted by molar-refractivity contribution is -0.143. The van der Waals surface area contributed by atoms with E-state index < -0.39 is 60.2 Å². The van der Waals surface area contributed by atoms with Crippen molar-refractivity contribution in [2.45, 2.75) is 84.0 Å². The Kier molecular flexibility index (Phi) is 12.1. The highest BCUT2D eigenvalue weighted by Crippen LogP contribution is 2.19. The average Bonchev–Trinajstić information content (AvgIpc) is 3.27. The van der Waals surface area contributed by atoms with E-state index in [4.69, 9.17) is 5.73 Å². The minimum Gasteiger partial charge on any atom is -0.481 e. The first-order chi connectivity index (χ1) is 18.8. The van der Waals surface area contributed by atoms with Crippen molar-refractivity contribution in [2.75, 3.05) is 0 Å². The number of H-pyrrole nitrogens is 1. The highest BCUT2D eigenvalue weighted by molar-refractivity contribution is 5.94. The summed E-state index contributed by atoms with van der Waals surface area (Å²) in [6.07, 6.45) is 1.69. The number of aliphatic carboxylic acids is 2. The highest BCUT2D eigenvalue weighted by atomic mass is 16.4. The highest BCUT2D eigenvalue weighted by Gasteiger charge is 2.31. The lowest BCUT2D eigenvalue weighted by Crippen LogP contribution is -2.57. The molecule has 2 aromatic rings. The number of nitrogens with two attached hydrogens (primary N) is 1. The van der Waals surface area contributed by atoms with Crippen LogP contribution in [0.25, 0.3) is 10.9 Å². The Hall–Kier alpha value is -3.93. The van der Waals surface area contributed by atoms with Crippen molar-refractivity contribution in [3.63, 3.8) is 0 Å². The molecule has 220 valence electrons. The number of carboxylic acid groups (broad SMARTS) is 2. The Labute approximate surface area is 233 Å². The molecule has 2 rings (SSSR count). The third kappa shape index (κ3) is 9.99. The number of para-hydroxylation sites is 1. The van der Waals surface area contributed by atoms with Gasteiger partial charge in [0.1, 0.15) is 18.1 Å². The lowest BCUT2D eigenvalue weighted by atomic mass is 9.99. The fourth-order valence-electron chi connectivity index (χ4n) is 4.39. The summed E-state index contributed by atoms with van der Waals surface area (Å²) in [4.78, 5) is 65.2. The SMILES string of the molecule is CC(C)CC(NC(=O)C(CC(C)C)NC(=O)C(CCC(=O)O)NC(=O)C(N)Cc1c[nH]c2ccccc12)C(=O)O. The minimum absolute atomic E-state index is 0.00335. The molecule has 0 saturated carbocycles. The summed E-state index contributed by atoms with van der Waals surface area (Å²) in [6, 6.07) is 3.00. The van der Waals surface area contributed by atoms with Crippen molar-refractivity contribution in [3.8, 4) is 0 Å². The zero-order valence-corrected chi connectivity index (χ0v) is 23.4. The van der Waals surface area contributed by atoms with Crippen molar-refractivity contribution in [2.24, 2.45) is 17.6 Å². The average molecular weight is 560 g/mol. The van der Waals surface area contributed by atoms with Crippen molar-refractivity contribution < 1.29 is 34.2 Å². The molecule has 0 aliphatic rings. The van der Waals surface area contributed by atoms with E-state index in [0.717, 1.165) is 16.5 Å². The summed E-state index contributed by atoms with van der Waals surface area (Å²) in [6.45, 7) is 7.33. The van der Waals surface area contributed by atoms with Crippen LogP contribution >= 0.6 is 0 Å². The largest absolute Gasteiger partial charge is 0.481 e. The van der Waals surface area contributed by atoms with Gasteiger partial charge in [-0.25, -0.2) is 4.79 Å². The first-order valence-corrected chi connectivity index (χ1v) is 13.4. The molecule has 1 heterocycles. The molecule has 40 heavy (non-hydrogen) atoms. The molecule has 0 radical (unpaired) electrons. The maximum atomic E-state index is 13.2. The first-order valence-electron chi connectivity index (χ1n) is 13.4. The third-order valence-electron chi connectivity index (χ3n) is 6.39. The molecule has 1 aromatic carbocycles. The molecular formula is C28H41N5O7. The standard InChI is InChI=1S/C28H41N5O7/c1-15(2)11-22(27(38)33-23(28(39)40)12-16(3)4)32-26(37)21(9-10-24(34)35)31-25(36)19(29)13-17-14-30-20-8-6-5-7-18(17)20/h5-8,14-16,19,21-23,30H,9-13,29H2,1-4H3,(H,31,36)(H,32,37)(H,33,38)(H,34,35)(H,39,40). The Morgan fingerprint density at radius 2 is 1.38 bits per heavy atom. The van der Waals surface area contributed by atoms with E-state index >= 15 is 0 Å². The molecule has 12 heteroatoms. The number of hydrogen-bond donors (Lipinski definition) is 7. The van der Waals surface area contributed by atoms with Gasteiger partial charge in [0.25, 0.3) is 0 Å². The second kappa shape index (κ2) is 15.0. The number of aromatic amines is 1. The van der Waals surface area contributed by atoms with E-state index in [2.05, 4.69) is 20.9 Å². The number of rotatable bonds is 16. The van der Waals surface area contributed by atoms with Crippen LogP contribution in [0.3, 0.4) is 0 Å². The van der Waals surface area contributed by atoms with Crippen LogP contribution in [0.5, 0.6) is 0 Å². The van der Waals surface area contributed by atoms with E-state index in [9.17, 15) is 34.2 Å². The number of aromatic nitrogens is 1. The summed E-state index contributed by atoms with van der Waals surface area (Å²) in [5.41, 5.74) is 7.85. The van der Waals surface area contributed by atoms with Gasteiger partial charge in [0, 0.05) is 23.5 Å². The van der Waals surface area contributed by atoms with Gasteiger partial charge in [-0.2, -0.15) is 0 Å².